The molecule has 0 atom stereocenters. The van der Waals surface area contributed by atoms with Crippen molar-refractivity contribution in [1.29, 1.82) is 0 Å². The first kappa shape index (κ1) is 15.5. The highest BCUT2D eigenvalue weighted by Gasteiger charge is 2.52. The summed E-state index contributed by atoms with van der Waals surface area (Å²) in [4.78, 5) is 0. The van der Waals surface area contributed by atoms with Crippen molar-refractivity contribution in [2.75, 3.05) is 12.8 Å². The lowest BCUT2D eigenvalue weighted by Crippen LogP contribution is -2.67. The largest absolute Gasteiger partial charge is 0.416 e. The first-order valence-electron chi connectivity index (χ1n) is 6.36. The van der Waals surface area contributed by atoms with Crippen LogP contribution in [-0.4, -0.2) is 38.5 Å². The maximum absolute atomic E-state index is 6.12. The van der Waals surface area contributed by atoms with E-state index in [1.807, 2.05) is 0 Å². The SMILES string of the molecule is CCCCOC[Si]1(C)O[Si](C)(C)O[Si](C)(C)O1. The lowest BCUT2D eigenvalue weighted by Gasteiger charge is -2.47. The number of unbranched alkanes of at least 4 members (excludes halogenated alkanes) is 1. The first-order chi connectivity index (χ1) is 7.68. The van der Waals surface area contributed by atoms with Crippen molar-refractivity contribution < 1.29 is 17.1 Å². The van der Waals surface area contributed by atoms with Gasteiger partial charge in [0.25, 0.3) is 0 Å². The van der Waals surface area contributed by atoms with Gasteiger partial charge < -0.3 is 17.1 Å². The van der Waals surface area contributed by atoms with Crippen LogP contribution in [0.3, 0.4) is 0 Å². The van der Waals surface area contributed by atoms with E-state index in [9.17, 15) is 0 Å². The van der Waals surface area contributed by atoms with Crippen LogP contribution in [0.5, 0.6) is 0 Å². The van der Waals surface area contributed by atoms with Crippen molar-refractivity contribution in [3.63, 3.8) is 0 Å². The third-order valence-corrected chi connectivity index (χ3v) is 14.5. The normalized spacial score (nSPS) is 25.8. The van der Waals surface area contributed by atoms with E-state index in [-0.39, 0.29) is 0 Å². The van der Waals surface area contributed by atoms with Crippen LogP contribution in [0, 0.1) is 0 Å². The molecule has 0 aromatic heterocycles. The van der Waals surface area contributed by atoms with Crippen molar-refractivity contribution in [2.24, 2.45) is 0 Å². The molecule has 0 bridgehead atoms. The number of hydrogen-bond donors (Lipinski definition) is 0. The average molecular weight is 295 g/mol. The number of rotatable bonds is 5. The van der Waals surface area contributed by atoms with Crippen LogP contribution in [0.4, 0.5) is 0 Å². The van der Waals surface area contributed by atoms with Gasteiger partial charge in [0.2, 0.25) is 0 Å². The van der Waals surface area contributed by atoms with E-state index in [1.165, 1.54) is 0 Å². The van der Waals surface area contributed by atoms with Crippen LogP contribution < -0.4 is 0 Å². The van der Waals surface area contributed by atoms with Gasteiger partial charge in [-0.05, 0) is 39.2 Å². The fourth-order valence-electron chi connectivity index (χ4n) is 2.26. The van der Waals surface area contributed by atoms with Gasteiger partial charge in [0.15, 0.2) is 0 Å². The highest BCUT2D eigenvalue weighted by molar-refractivity contribution is 6.92. The molecule has 1 aliphatic heterocycles. The van der Waals surface area contributed by atoms with Gasteiger partial charge in [-0.25, -0.2) is 0 Å². The lowest BCUT2D eigenvalue weighted by atomic mass is 10.4. The fourth-order valence-corrected chi connectivity index (χ4v) is 17.9. The van der Waals surface area contributed by atoms with E-state index < -0.39 is 25.7 Å². The topological polar surface area (TPSA) is 36.9 Å². The minimum atomic E-state index is -2.18. The first-order valence-corrected chi connectivity index (χ1v) is 14.5. The molecule has 17 heavy (non-hydrogen) atoms. The molecular weight excluding hydrogens is 268 g/mol. The summed E-state index contributed by atoms with van der Waals surface area (Å²) < 4.78 is 23.9. The van der Waals surface area contributed by atoms with Crippen LogP contribution in [0.1, 0.15) is 19.8 Å². The third-order valence-electron chi connectivity index (χ3n) is 2.42. The van der Waals surface area contributed by atoms with Gasteiger partial charge >= 0.3 is 25.7 Å². The molecule has 0 unspecified atom stereocenters. The molecular formula is C10H26O4Si3. The molecule has 0 spiro atoms. The molecule has 7 heteroatoms. The number of ether oxygens (including phenoxy) is 1. The summed E-state index contributed by atoms with van der Waals surface area (Å²) in [6.07, 6.45) is 2.88. The van der Waals surface area contributed by atoms with Gasteiger partial charge in [-0.1, -0.05) is 13.3 Å². The predicted octanol–water partition coefficient (Wildman–Crippen LogP) is 2.88. The maximum Gasteiger partial charge on any atom is 0.344 e. The van der Waals surface area contributed by atoms with Gasteiger partial charge in [-0.3, -0.25) is 0 Å². The van der Waals surface area contributed by atoms with E-state index in [0.717, 1.165) is 19.4 Å². The van der Waals surface area contributed by atoms with Crippen LogP contribution in [0.2, 0.25) is 32.7 Å². The van der Waals surface area contributed by atoms with Crippen molar-refractivity contribution >= 4 is 25.7 Å². The monoisotopic (exact) mass is 294 g/mol. The zero-order chi connectivity index (χ0) is 13.2. The van der Waals surface area contributed by atoms with Gasteiger partial charge in [0, 0.05) is 6.61 Å². The maximum atomic E-state index is 6.12. The summed E-state index contributed by atoms with van der Waals surface area (Å²) in [5, 5.41) is 0. The van der Waals surface area contributed by atoms with E-state index in [1.54, 1.807) is 0 Å². The molecule has 0 aromatic carbocycles. The fraction of sp³-hybridized carbons (Fsp3) is 1.00. The second-order valence-electron chi connectivity index (χ2n) is 5.65. The standard InChI is InChI=1S/C10H26O4Si3/c1-7-8-9-11-10-17(6)13-15(2,3)12-16(4,5)14-17/h7-10H2,1-6H3. The Morgan fingerprint density at radius 3 is 1.88 bits per heavy atom. The molecule has 0 aliphatic carbocycles. The molecule has 0 amide bonds. The Labute approximate surface area is 108 Å². The van der Waals surface area contributed by atoms with Crippen molar-refractivity contribution in [1.82, 2.24) is 0 Å². The Hall–Kier alpha value is 0.491. The van der Waals surface area contributed by atoms with Gasteiger partial charge in [0.1, 0.15) is 0 Å². The summed E-state index contributed by atoms with van der Waals surface area (Å²) >= 11 is 0. The molecule has 0 saturated carbocycles. The summed E-state index contributed by atoms with van der Waals surface area (Å²) in [6, 6.07) is 0. The molecule has 102 valence electrons. The van der Waals surface area contributed by atoms with E-state index in [4.69, 9.17) is 17.1 Å². The summed E-state index contributed by atoms with van der Waals surface area (Å²) in [5.41, 5.74) is 0. The second kappa shape index (κ2) is 5.64. The smallest absolute Gasteiger partial charge is 0.344 e. The molecule has 0 N–H and O–H groups in total. The Morgan fingerprint density at radius 2 is 1.41 bits per heavy atom. The highest BCUT2D eigenvalue weighted by Crippen LogP contribution is 2.30. The van der Waals surface area contributed by atoms with E-state index in [2.05, 4.69) is 39.7 Å². The second-order valence-corrected chi connectivity index (χ2v) is 16.3. The van der Waals surface area contributed by atoms with Crippen LogP contribution in [-0.2, 0) is 17.1 Å². The van der Waals surface area contributed by atoms with E-state index >= 15 is 0 Å². The van der Waals surface area contributed by atoms with E-state index in [0.29, 0.717) is 6.23 Å². The zero-order valence-corrected chi connectivity index (χ0v) is 15.0. The van der Waals surface area contributed by atoms with Crippen LogP contribution >= 0.6 is 0 Å². The van der Waals surface area contributed by atoms with Gasteiger partial charge in [-0.2, -0.15) is 0 Å². The minimum Gasteiger partial charge on any atom is -0.416 e. The van der Waals surface area contributed by atoms with Crippen molar-refractivity contribution in [2.45, 2.75) is 52.5 Å². The van der Waals surface area contributed by atoms with Gasteiger partial charge in [0.05, 0.1) is 6.23 Å². The molecule has 0 radical (unpaired) electrons. The third kappa shape index (κ3) is 5.33. The summed E-state index contributed by atoms with van der Waals surface area (Å²) in [7, 11) is -6.20. The Balaban J connectivity index is 2.55. The molecule has 1 heterocycles. The Morgan fingerprint density at radius 1 is 0.882 bits per heavy atom. The molecule has 4 nitrogen and oxygen atoms in total. The Bertz CT molecular complexity index is 242. The average Bonchev–Trinajstić information content (AvgIpc) is 2.06. The quantitative estimate of drug-likeness (QED) is 0.577. The van der Waals surface area contributed by atoms with Crippen LogP contribution in [0.15, 0.2) is 0 Å². The summed E-state index contributed by atoms with van der Waals surface area (Å²) in [6.45, 7) is 13.5. The minimum absolute atomic E-state index is 0.628. The highest BCUT2D eigenvalue weighted by atomic mass is 28.5. The number of hydrogen-bond acceptors (Lipinski definition) is 4. The van der Waals surface area contributed by atoms with Crippen molar-refractivity contribution in [3.8, 4) is 0 Å². The molecule has 0 aromatic rings. The van der Waals surface area contributed by atoms with Crippen LogP contribution in [0.25, 0.3) is 0 Å². The van der Waals surface area contributed by atoms with Gasteiger partial charge in [-0.15, -0.1) is 0 Å². The van der Waals surface area contributed by atoms with Crippen molar-refractivity contribution in [3.05, 3.63) is 0 Å². The Kier molecular flexibility index (Phi) is 5.16. The molecule has 1 fully saturated rings. The zero-order valence-electron chi connectivity index (χ0n) is 12.0. The predicted molar refractivity (Wildman–Crippen MR) is 75.6 cm³/mol. The summed E-state index contributed by atoms with van der Waals surface area (Å²) in [5.74, 6) is 0. The molecule has 1 rings (SSSR count). The lowest BCUT2D eigenvalue weighted by molar-refractivity contribution is 0.129. The molecule has 1 saturated heterocycles. The molecule has 1 aliphatic rings.